The number of nitrogens with two attached hydrogens (primary N) is 5. The first-order valence-corrected chi connectivity index (χ1v) is 27.6. The van der Waals surface area contributed by atoms with Gasteiger partial charge in [0.15, 0.2) is 0 Å². The van der Waals surface area contributed by atoms with E-state index < -0.39 is 5.91 Å². The molecule has 420 valence electrons. The minimum Gasteiger partial charge on any atom is -0.369 e. The molecule has 0 spiro atoms. The third kappa shape index (κ3) is 27.8. The molecule has 0 aliphatic heterocycles. The molecule has 10 amide bonds. The van der Waals surface area contributed by atoms with Crippen LogP contribution in [0, 0.1) is 47.3 Å². The van der Waals surface area contributed by atoms with Gasteiger partial charge in [0, 0.05) is 76.8 Å². The number of carbonyl (C=O) groups is 10. The van der Waals surface area contributed by atoms with Crippen LogP contribution < -0.4 is 55.3 Å². The molecule has 0 bridgehead atoms. The quantitative estimate of drug-likeness (QED) is 0.0367. The molecule has 4 unspecified atom stereocenters. The molecule has 0 saturated heterocycles. The molecule has 22 nitrogen and oxygen atoms in total. The van der Waals surface area contributed by atoms with Crippen molar-refractivity contribution in [2.45, 2.75) is 148 Å². The van der Waals surface area contributed by atoms with Crippen LogP contribution in [0.2, 0.25) is 0 Å². The summed E-state index contributed by atoms with van der Waals surface area (Å²) in [5, 5.41) is 13.7. The summed E-state index contributed by atoms with van der Waals surface area (Å²) in [6, 6.07) is 0. The molecule has 74 heavy (non-hydrogen) atoms. The Morgan fingerprint density at radius 3 is 1.00 bits per heavy atom. The van der Waals surface area contributed by atoms with Gasteiger partial charge in [-0.15, -0.1) is 0 Å². The highest BCUT2D eigenvalue weighted by Gasteiger charge is 2.36. The van der Waals surface area contributed by atoms with Crippen LogP contribution in [-0.4, -0.2) is 141 Å². The Morgan fingerprint density at radius 1 is 0.419 bits per heavy atom. The molecule has 0 heterocycles. The summed E-state index contributed by atoms with van der Waals surface area (Å²) in [4.78, 5) is 123. The molecule has 0 aromatic heterocycles. The van der Waals surface area contributed by atoms with Gasteiger partial charge in [0.25, 0.3) is 0 Å². The Morgan fingerprint density at radius 2 is 0.730 bits per heavy atom. The van der Waals surface area contributed by atoms with Crippen molar-refractivity contribution in [2.24, 2.45) is 76.0 Å². The van der Waals surface area contributed by atoms with Crippen LogP contribution in [0.3, 0.4) is 0 Å². The zero-order chi connectivity index (χ0) is 54.4. The number of unbranched alkanes of at least 4 members (excludes halogenated alkanes) is 4. The summed E-state index contributed by atoms with van der Waals surface area (Å²) in [7, 11) is 0. The van der Waals surface area contributed by atoms with Crippen molar-refractivity contribution in [3.8, 4) is 0 Å². The standard InChI is InChI=1S/C27H46N6O6.C25H46N6O4/c1-18(34)30-15-12-25(37)33(16-23(35)31-13-4-2-6-21(26(28)38)19-8-9-19)17-24(36)32-14-5-3-7-22(27(29)39)20-10-11-20;26-12-11-24(34)31(16-22(32)29-13-3-1-5-20(15-27)18-7-8-18)17-23(33)30-14-4-2-6-21(25(28)35)19-9-10-19/h19-22H,2-17H2,1H3,(H2,28,38)(H2,29,39)(H,30,34)(H,31,35)(H,32,36);18-21H,1-17,26-27H2,(H2,28,35)(H,29,32)(H,30,33). The average molecular weight is 1050 g/mol. The lowest BCUT2D eigenvalue weighted by atomic mass is 9.96. The highest BCUT2D eigenvalue weighted by Crippen LogP contribution is 2.41. The first kappa shape index (κ1) is 62.9. The smallest absolute Gasteiger partial charge is 0.239 e. The number of hydrogen-bond donors (Lipinski definition) is 10. The Bertz CT molecular complexity index is 1770. The summed E-state index contributed by atoms with van der Waals surface area (Å²) in [5.74, 6) is -0.786. The van der Waals surface area contributed by atoms with E-state index in [1.165, 1.54) is 29.6 Å². The van der Waals surface area contributed by atoms with Gasteiger partial charge in [0.05, 0.1) is 0 Å². The van der Waals surface area contributed by atoms with E-state index in [-0.39, 0.29) is 123 Å². The van der Waals surface area contributed by atoms with Crippen LogP contribution in [0.15, 0.2) is 0 Å². The number of nitrogens with zero attached hydrogens (tertiary/aromatic N) is 2. The second kappa shape index (κ2) is 35.0. The number of rotatable bonds is 41. The topological polar surface area (TPSA) is 367 Å². The molecule has 4 saturated carbocycles. The van der Waals surface area contributed by atoms with Gasteiger partial charge in [-0.3, -0.25) is 47.9 Å². The first-order chi connectivity index (χ1) is 35.4. The van der Waals surface area contributed by atoms with Crippen molar-refractivity contribution in [3.63, 3.8) is 0 Å². The average Bonchev–Trinajstić information content (AvgIpc) is 4.11. The van der Waals surface area contributed by atoms with Crippen molar-refractivity contribution < 1.29 is 47.9 Å². The summed E-state index contributed by atoms with van der Waals surface area (Å²) >= 11 is 0. The summed E-state index contributed by atoms with van der Waals surface area (Å²) in [6.07, 6.45) is 18.4. The maximum atomic E-state index is 12.7. The molecular weight excluding hydrogens is 953 g/mol. The highest BCUT2D eigenvalue weighted by molar-refractivity contribution is 5.90. The van der Waals surface area contributed by atoms with Gasteiger partial charge in [-0.25, -0.2) is 0 Å². The predicted octanol–water partition coefficient (Wildman–Crippen LogP) is 0.170. The van der Waals surface area contributed by atoms with E-state index in [1.54, 1.807) is 0 Å². The Labute approximate surface area is 438 Å². The third-order valence-electron chi connectivity index (χ3n) is 14.5. The maximum absolute atomic E-state index is 12.7. The van der Waals surface area contributed by atoms with Crippen LogP contribution in [0.5, 0.6) is 0 Å². The fourth-order valence-corrected chi connectivity index (χ4v) is 9.52. The van der Waals surface area contributed by atoms with Crippen molar-refractivity contribution in [1.29, 1.82) is 0 Å². The van der Waals surface area contributed by atoms with E-state index in [4.69, 9.17) is 28.7 Å². The predicted molar refractivity (Wildman–Crippen MR) is 279 cm³/mol. The fourth-order valence-electron chi connectivity index (χ4n) is 9.52. The SMILES string of the molecule is CC(=O)NCCC(=O)N(CC(=O)NCCCCC(C(N)=O)C1CC1)CC(=O)NCCCCC(C(N)=O)C1CC1.NCCC(=O)N(CC(=O)NCCCCC(CN)C1CC1)CC(=O)NCCCCC(C(N)=O)C1CC1. The monoisotopic (exact) mass is 1040 g/mol. The number of amides is 10. The van der Waals surface area contributed by atoms with E-state index in [9.17, 15) is 47.9 Å². The second-order valence-electron chi connectivity index (χ2n) is 21.0. The van der Waals surface area contributed by atoms with Crippen LogP contribution in [-0.2, 0) is 47.9 Å². The van der Waals surface area contributed by atoms with Gasteiger partial charge in [-0.05, 0) is 139 Å². The van der Waals surface area contributed by atoms with Crippen LogP contribution in [0.25, 0.3) is 0 Å². The molecule has 22 heteroatoms. The maximum Gasteiger partial charge on any atom is 0.239 e. The number of carbonyl (C=O) groups excluding carboxylic acids is 10. The van der Waals surface area contributed by atoms with Gasteiger partial charge >= 0.3 is 0 Å². The Balaban J connectivity index is 0.000000393. The minimum atomic E-state index is -0.420. The lowest BCUT2D eigenvalue weighted by Gasteiger charge is -2.22. The molecular formula is C52H92N12O10. The number of primary amides is 3. The molecule has 4 aliphatic carbocycles. The largest absolute Gasteiger partial charge is 0.369 e. The minimum absolute atomic E-state index is 0.0362. The van der Waals surface area contributed by atoms with E-state index >= 15 is 0 Å². The van der Waals surface area contributed by atoms with Crippen molar-refractivity contribution in [3.05, 3.63) is 0 Å². The summed E-state index contributed by atoms with van der Waals surface area (Å²) in [6.45, 7) is 3.21. The van der Waals surface area contributed by atoms with E-state index in [0.717, 1.165) is 102 Å². The molecule has 4 rings (SSSR count). The third-order valence-corrected chi connectivity index (χ3v) is 14.5. The molecule has 4 atom stereocenters. The highest BCUT2D eigenvalue weighted by atomic mass is 16.2. The summed E-state index contributed by atoms with van der Waals surface area (Å²) in [5.41, 5.74) is 27.8. The molecule has 15 N–H and O–H groups in total. The molecule has 0 aromatic rings. The van der Waals surface area contributed by atoms with Gasteiger partial charge in [-0.2, -0.15) is 0 Å². The van der Waals surface area contributed by atoms with Crippen LogP contribution in [0.1, 0.15) is 148 Å². The molecule has 4 aliphatic rings. The number of hydrogen-bond acceptors (Lipinski definition) is 12. The first-order valence-electron chi connectivity index (χ1n) is 27.6. The van der Waals surface area contributed by atoms with Gasteiger partial charge in [-0.1, -0.05) is 25.7 Å². The van der Waals surface area contributed by atoms with Gasteiger partial charge in [0.2, 0.25) is 59.1 Å². The van der Waals surface area contributed by atoms with E-state index in [2.05, 4.69) is 26.6 Å². The molecule has 4 fully saturated rings. The van der Waals surface area contributed by atoms with E-state index in [0.29, 0.717) is 75.5 Å². The van der Waals surface area contributed by atoms with Crippen molar-refractivity contribution in [2.75, 3.05) is 72.0 Å². The van der Waals surface area contributed by atoms with Crippen LogP contribution >= 0.6 is 0 Å². The summed E-state index contributed by atoms with van der Waals surface area (Å²) < 4.78 is 0. The fraction of sp³-hybridized carbons (Fsp3) is 0.808. The molecule has 0 aromatic carbocycles. The molecule has 0 radical (unpaired) electrons. The Hall–Kier alpha value is -5.38. The zero-order valence-electron chi connectivity index (χ0n) is 44.3. The van der Waals surface area contributed by atoms with Gasteiger partial charge in [0.1, 0.15) is 26.2 Å². The second-order valence-corrected chi connectivity index (χ2v) is 21.0. The Kier molecular flexibility index (Phi) is 29.7. The lowest BCUT2D eigenvalue weighted by molar-refractivity contribution is -0.139. The number of nitrogens with one attached hydrogen (secondary N) is 5. The zero-order valence-corrected chi connectivity index (χ0v) is 44.3. The van der Waals surface area contributed by atoms with Gasteiger partial charge < -0.3 is 65.1 Å². The normalized spacial score (nSPS) is 16.4. The van der Waals surface area contributed by atoms with E-state index in [1.807, 2.05) is 0 Å². The lowest BCUT2D eigenvalue weighted by Crippen LogP contribution is -2.46. The van der Waals surface area contributed by atoms with Crippen molar-refractivity contribution in [1.82, 2.24) is 36.4 Å². The van der Waals surface area contributed by atoms with Crippen LogP contribution in [0.4, 0.5) is 0 Å². The van der Waals surface area contributed by atoms with Crippen molar-refractivity contribution >= 4 is 59.1 Å².